The molecule has 1 N–H and O–H groups in total. The van der Waals surface area contributed by atoms with Gasteiger partial charge in [0.05, 0.1) is 5.69 Å². The molecule has 0 radical (unpaired) electrons. The molecule has 1 saturated carbocycles. The summed E-state index contributed by atoms with van der Waals surface area (Å²) in [6.07, 6.45) is 6.61. The second-order valence-corrected chi connectivity index (χ2v) is 5.68. The minimum atomic E-state index is 0.720. The Morgan fingerprint density at radius 1 is 1.47 bits per heavy atom. The molecule has 4 heteroatoms. The number of nitrogens with zero attached hydrogens (tertiary/aromatic N) is 2. The molecule has 0 amide bonds. The van der Waals surface area contributed by atoms with Crippen molar-refractivity contribution in [1.82, 2.24) is 10.3 Å². The van der Waals surface area contributed by atoms with Crippen molar-refractivity contribution in [2.45, 2.75) is 51.6 Å². The Labute approximate surface area is 108 Å². The molecular weight excluding hydrogens is 230 g/mol. The van der Waals surface area contributed by atoms with Crippen LogP contribution in [0.25, 0.3) is 0 Å². The number of hydrogen-bond donors (Lipinski definition) is 1. The van der Waals surface area contributed by atoms with E-state index in [9.17, 15) is 0 Å². The van der Waals surface area contributed by atoms with E-state index in [0.717, 1.165) is 19.1 Å². The van der Waals surface area contributed by atoms with E-state index in [1.807, 2.05) is 0 Å². The fraction of sp³-hybridized carbons (Fsp3) is 0.769. The van der Waals surface area contributed by atoms with E-state index in [4.69, 9.17) is 4.98 Å². The molecule has 0 aliphatic heterocycles. The van der Waals surface area contributed by atoms with Gasteiger partial charge in [0.25, 0.3) is 0 Å². The minimum Gasteiger partial charge on any atom is -0.348 e. The van der Waals surface area contributed by atoms with Crippen LogP contribution in [0.5, 0.6) is 0 Å². The molecule has 1 heterocycles. The van der Waals surface area contributed by atoms with Crippen molar-refractivity contribution in [3.05, 3.63) is 11.1 Å². The molecule has 0 atom stereocenters. The quantitative estimate of drug-likeness (QED) is 0.790. The number of hydrogen-bond acceptors (Lipinski definition) is 4. The van der Waals surface area contributed by atoms with Gasteiger partial charge in [0.2, 0.25) is 0 Å². The van der Waals surface area contributed by atoms with Crippen LogP contribution in [0.2, 0.25) is 0 Å². The van der Waals surface area contributed by atoms with E-state index in [0.29, 0.717) is 0 Å². The van der Waals surface area contributed by atoms with Gasteiger partial charge in [-0.3, -0.25) is 0 Å². The summed E-state index contributed by atoms with van der Waals surface area (Å²) < 4.78 is 0. The van der Waals surface area contributed by atoms with Gasteiger partial charge < -0.3 is 10.2 Å². The van der Waals surface area contributed by atoms with E-state index < -0.39 is 0 Å². The summed E-state index contributed by atoms with van der Waals surface area (Å²) in [6.45, 7) is 4.17. The Morgan fingerprint density at radius 2 is 2.24 bits per heavy atom. The van der Waals surface area contributed by atoms with Crippen molar-refractivity contribution < 1.29 is 0 Å². The number of rotatable bonds is 6. The lowest BCUT2D eigenvalue weighted by atomic mass is 10.2. The monoisotopic (exact) mass is 253 g/mol. The average Bonchev–Trinajstić information content (AvgIpc) is 3.00. The van der Waals surface area contributed by atoms with Gasteiger partial charge in [0.1, 0.15) is 0 Å². The van der Waals surface area contributed by atoms with Crippen molar-refractivity contribution in [3.8, 4) is 0 Å². The fourth-order valence-corrected chi connectivity index (χ4v) is 3.24. The minimum absolute atomic E-state index is 0.720. The maximum absolute atomic E-state index is 4.71. The lowest BCUT2D eigenvalue weighted by molar-refractivity contribution is 0.644. The Kier molecular flexibility index (Phi) is 4.80. The van der Waals surface area contributed by atoms with Gasteiger partial charge in [-0.2, -0.15) is 0 Å². The van der Waals surface area contributed by atoms with Gasteiger partial charge in [-0.1, -0.05) is 19.8 Å². The Morgan fingerprint density at radius 3 is 2.94 bits per heavy atom. The zero-order chi connectivity index (χ0) is 12.1. The molecule has 2 rings (SSSR count). The van der Waals surface area contributed by atoms with Crippen molar-refractivity contribution in [2.24, 2.45) is 0 Å². The van der Waals surface area contributed by atoms with Gasteiger partial charge in [-0.15, -0.1) is 11.3 Å². The molecule has 0 spiro atoms. The SMILES string of the molecule is CCCNCc1csc(N(C)C2CCCC2)n1. The van der Waals surface area contributed by atoms with Crippen LogP contribution in [0.3, 0.4) is 0 Å². The topological polar surface area (TPSA) is 28.2 Å². The van der Waals surface area contributed by atoms with Gasteiger partial charge in [-0.05, 0) is 25.8 Å². The molecule has 0 saturated heterocycles. The molecule has 3 nitrogen and oxygen atoms in total. The van der Waals surface area contributed by atoms with Crippen LogP contribution in [0.15, 0.2) is 5.38 Å². The molecule has 0 aromatic carbocycles. The first kappa shape index (κ1) is 12.8. The fourth-order valence-electron chi connectivity index (χ4n) is 2.38. The largest absolute Gasteiger partial charge is 0.348 e. The first-order valence-electron chi connectivity index (χ1n) is 6.69. The molecule has 1 aliphatic carbocycles. The summed E-state index contributed by atoms with van der Waals surface area (Å²) in [5.74, 6) is 0. The summed E-state index contributed by atoms with van der Waals surface area (Å²) in [5.41, 5.74) is 1.18. The second-order valence-electron chi connectivity index (χ2n) is 4.85. The summed E-state index contributed by atoms with van der Waals surface area (Å²) in [5, 5.41) is 6.77. The van der Waals surface area contributed by atoms with Crippen LogP contribution >= 0.6 is 11.3 Å². The number of aromatic nitrogens is 1. The van der Waals surface area contributed by atoms with Crippen LogP contribution in [0.1, 0.15) is 44.7 Å². The molecule has 0 unspecified atom stereocenters. The highest BCUT2D eigenvalue weighted by Gasteiger charge is 2.21. The summed E-state index contributed by atoms with van der Waals surface area (Å²) in [4.78, 5) is 7.08. The molecule has 1 aromatic rings. The summed E-state index contributed by atoms with van der Waals surface area (Å²) >= 11 is 1.78. The van der Waals surface area contributed by atoms with Gasteiger partial charge in [0.15, 0.2) is 5.13 Å². The van der Waals surface area contributed by atoms with Crippen molar-refractivity contribution in [2.75, 3.05) is 18.5 Å². The third kappa shape index (κ3) is 3.42. The summed E-state index contributed by atoms with van der Waals surface area (Å²) in [7, 11) is 2.19. The van der Waals surface area contributed by atoms with Gasteiger partial charge >= 0.3 is 0 Å². The molecule has 1 fully saturated rings. The van der Waals surface area contributed by atoms with E-state index in [-0.39, 0.29) is 0 Å². The highest BCUT2D eigenvalue weighted by atomic mass is 32.1. The second kappa shape index (κ2) is 6.36. The standard InChI is InChI=1S/C13H23N3S/c1-3-8-14-9-11-10-17-13(15-11)16(2)12-6-4-5-7-12/h10,12,14H,3-9H2,1-2H3. The highest BCUT2D eigenvalue weighted by Crippen LogP contribution is 2.28. The van der Waals surface area contributed by atoms with E-state index in [1.165, 1.54) is 42.9 Å². The number of thiazole rings is 1. The predicted molar refractivity (Wildman–Crippen MR) is 74.8 cm³/mol. The van der Waals surface area contributed by atoms with Crippen LogP contribution in [0.4, 0.5) is 5.13 Å². The maximum Gasteiger partial charge on any atom is 0.185 e. The third-order valence-electron chi connectivity index (χ3n) is 3.45. The summed E-state index contributed by atoms with van der Waals surface area (Å²) in [6, 6.07) is 0.720. The van der Waals surface area contributed by atoms with E-state index in [2.05, 4.69) is 29.6 Å². The molecule has 0 bridgehead atoms. The first-order chi connectivity index (χ1) is 8.31. The third-order valence-corrected chi connectivity index (χ3v) is 4.43. The van der Waals surface area contributed by atoms with Crippen molar-refractivity contribution in [3.63, 3.8) is 0 Å². The smallest absolute Gasteiger partial charge is 0.185 e. The van der Waals surface area contributed by atoms with Gasteiger partial charge in [0, 0.05) is 25.0 Å². The average molecular weight is 253 g/mol. The first-order valence-corrected chi connectivity index (χ1v) is 7.57. The van der Waals surface area contributed by atoms with Crippen molar-refractivity contribution >= 4 is 16.5 Å². The maximum atomic E-state index is 4.71. The van der Waals surface area contributed by atoms with Crippen LogP contribution in [-0.4, -0.2) is 24.6 Å². The highest BCUT2D eigenvalue weighted by molar-refractivity contribution is 7.13. The lowest BCUT2D eigenvalue weighted by Crippen LogP contribution is -2.28. The lowest BCUT2D eigenvalue weighted by Gasteiger charge is -2.23. The van der Waals surface area contributed by atoms with Crippen LogP contribution in [0, 0.1) is 0 Å². The number of nitrogens with one attached hydrogen (secondary N) is 1. The van der Waals surface area contributed by atoms with Gasteiger partial charge in [-0.25, -0.2) is 4.98 Å². The molecule has 17 heavy (non-hydrogen) atoms. The molecular formula is C13H23N3S. The molecule has 96 valence electrons. The van der Waals surface area contributed by atoms with E-state index >= 15 is 0 Å². The van der Waals surface area contributed by atoms with Crippen LogP contribution < -0.4 is 10.2 Å². The molecule has 1 aromatic heterocycles. The number of anilines is 1. The normalized spacial score (nSPS) is 16.6. The van der Waals surface area contributed by atoms with Crippen molar-refractivity contribution in [1.29, 1.82) is 0 Å². The van der Waals surface area contributed by atoms with E-state index in [1.54, 1.807) is 11.3 Å². The zero-order valence-corrected chi connectivity index (χ0v) is 11.7. The Bertz CT molecular complexity index is 331. The predicted octanol–water partition coefficient (Wildman–Crippen LogP) is 3.02. The van der Waals surface area contributed by atoms with Crippen LogP contribution in [-0.2, 0) is 6.54 Å². The Balaban J connectivity index is 1.88. The molecule has 1 aliphatic rings. The zero-order valence-electron chi connectivity index (χ0n) is 10.9. The Hall–Kier alpha value is -0.610.